The van der Waals surface area contributed by atoms with Crippen molar-refractivity contribution in [3.63, 3.8) is 0 Å². The molecule has 1 heterocycles. The molecular weight excluding hydrogens is 619 g/mol. The first-order valence-electron chi connectivity index (χ1n) is 17.4. The highest BCUT2D eigenvalue weighted by atomic mass is 15.0. The molecule has 8 aromatic rings. The second-order valence-electron chi connectivity index (χ2n) is 13.2. The van der Waals surface area contributed by atoms with Crippen LogP contribution in [0.1, 0.15) is 33.4 Å². The third-order valence-electron chi connectivity index (χ3n) is 10.4. The first-order valence-corrected chi connectivity index (χ1v) is 17.4. The Hall–Kier alpha value is -6.71. The minimum atomic E-state index is -0.524. The van der Waals surface area contributed by atoms with E-state index in [0.29, 0.717) is 17.5 Å². The molecule has 0 amide bonds. The molecule has 3 nitrogen and oxygen atoms in total. The first-order chi connectivity index (χ1) is 25.3. The zero-order valence-corrected chi connectivity index (χ0v) is 27.7. The van der Waals surface area contributed by atoms with E-state index in [4.69, 9.17) is 15.0 Å². The number of rotatable bonds is 4. The molecule has 0 fully saturated rings. The van der Waals surface area contributed by atoms with Crippen LogP contribution >= 0.6 is 0 Å². The lowest BCUT2D eigenvalue weighted by Gasteiger charge is -2.35. The predicted octanol–water partition coefficient (Wildman–Crippen LogP) is 11.4. The van der Waals surface area contributed by atoms with Gasteiger partial charge in [0.2, 0.25) is 0 Å². The fraction of sp³-hybridized carbons (Fsp3) is 0.0208. The van der Waals surface area contributed by atoms with Crippen LogP contribution in [0, 0.1) is 0 Å². The maximum Gasteiger partial charge on any atom is 0.164 e. The molecule has 0 unspecified atom stereocenters. The molecule has 51 heavy (non-hydrogen) atoms. The van der Waals surface area contributed by atoms with E-state index in [2.05, 4.69) is 164 Å². The third kappa shape index (κ3) is 4.63. The van der Waals surface area contributed by atoms with E-state index < -0.39 is 5.41 Å². The third-order valence-corrected chi connectivity index (χ3v) is 10.4. The van der Waals surface area contributed by atoms with Crippen molar-refractivity contribution in [3.05, 3.63) is 209 Å². The zero-order chi connectivity index (χ0) is 33.8. The lowest BCUT2D eigenvalue weighted by molar-refractivity contribution is 0.766. The minimum absolute atomic E-state index is 0.524. The van der Waals surface area contributed by atoms with Gasteiger partial charge in [-0.3, -0.25) is 0 Å². The van der Waals surface area contributed by atoms with E-state index in [1.165, 1.54) is 50.1 Å². The van der Waals surface area contributed by atoms with Gasteiger partial charge in [-0.25, -0.2) is 15.0 Å². The van der Waals surface area contributed by atoms with Crippen molar-refractivity contribution in [1.82, 2.24) is 15.0 Å². The summed E-state index contributed by atoms with van der Waals surface area (Å²) in [5.41, 5.74) is 14.7. The number of benzene rings is 7. The summed E-state index contributed by atoms with van der Waals surface area (Å²) in [7, 11) is 0. The number of hydrogen-bond acceptors (Lipinski definition) is 3. The normalized spacial score (nSPS) is 13.2. The molecular formula is C48H31N3. The molecule has 2 aliphatic carbocycles. The SMILES string of the molecule is C1=Cc2ccc(-c3nc(-c4ccccc4)nc(-c4ccc(-c5ccccc5)cc4)n3)cc2C2(c3ccccc31)c1ccccc1-c1ccccc12. The molecule has 0 radical (unpaired) electrons. The van der Waals surface area contributed by atoms with E-state index in [1.54, 1.807) is 0 Å². The fourth-order valence-electron chi connectivity index (χ4n) is 8.08. The summed E-state index contributed by atoms with van der Waals surface area (Å²) in [6, 6.07) is 62.4. The largest absolute Gasteiger partial charge is 0.208 e. The molecule has 0 atom stereocenters. The lowest BCUT2D eigenvalue weighted by Crippen LogP contribution is -2.30. The zero-order valence-electron chi connectivity index (χ0n) is 27.7. The van der Waals surface area contributed by atoms with Crippen LogP contribution in [0.4, 0.5) is 0 Å². The molecule has 10 rings (SSSR count). The number of aromatic nitrogens is 3. The van der Waals surface area contributed by atoms with Crippen LogP contribution in [-0.4, -0.2) is 15.0 Å². The van der Waals surface area contributed by atoms with Crippen molar-refractivity contribution < 1.29 is 0 Å². The van der Waals surface area contributed by atoms with E-state index >= 15 is 0 Å². The van der Waals surface area contributed by atoms with Gasteiger partial charge in [-0.15, -0.1) is 0 Å². The van der Waals surface area contributed by atoms with Crippen molar-refractivity contribution in [2.24, 2.45) is 0 Å². The van der Waals surface area contributed by atoms with Gasteiger partial charge in [0.1, 0.15) is 0 Å². The Morgan fingerprint density at radius 1 is 0.294 bits per heavy atom. The van der Waals surface area contributed by atoms with Gasteiger partial charge >= 0.3 is 0 Å². The molecule has 0 saturated heterocycles. The maximum absolute atomic E-state index is 5.18. The highest BCUT2D eigenvalue weighted by Crippen LogP contribution is 2.58. The van der Waals surface area contributed by atoms with Crippen molar-refractivity contribution in [1.29, 1.82) is 0 Å². The molecule has 3 heteroatoms. The summed E-state index contributed by atoms with van der Waals surface area (Å²) < 4.78 is 0. The van der Waals surface area contributed by atoms with Crippen LogP contribution in [0.25, 0.3) is 68.6 Å². The van der Waals surface area contributed by atoms with E-state index in [-0.39, 0.29) is 0 Å². The van der Waals surface area contributed by atoms with Gasteiger partial charge < -0.3 is 0 Å². The topological polar surface area (TPSA) is 38.7 Å². The predicted molar refractivity (Wildman–Crippen MR) is 208 cm³/mol. The van der Waals surface area contributed by atoms with Crippen LogP contribution in [-0.2, 0) is 5.41 Å². The summed E-state index contributed by atoms with van der Waals surface area (Å²) in [5, 5.41) is 0. The number of nitrogens with zero attached hydrogens (tertiary/aromatic N) is 3. The maximum atomic E-state index is 5.18. The molecule has 1 spiro atoms. The summed E-state index contributed by atoms with van der Waals surface area (Å²) in [4.78, 5) is 15.4. The Kier molecular flexibility index (Phi) is 6.71. The van der Waals surface area contributed by atoms with Gasteiger partial charge in [-0.1, -0.05) is 182 Å². The van der Waals surface area contributed by atoms with Crippen LogP contribution in [0.5, 0.6) is 0 Å². The average molecular weight is 650 g/mol. The van der Waals surface area contributed by atoms with Gasteiger partial charge in [0.15, 0.2) is 17.5 Å². The van der Waals surface area contributed by atoms with Crippen molar-refractivity contribution >= 4 is 12.2 Å². The molecule has 0 bridgehead atoms. The molecule has 2 aliphatic rings. The van der Waals surface area contributed by atoms with Crippen molar-refractivity contribution in [3.8, 4) is 56.4 Å². The van der Waals surface area contributed by atoms with E-state index in [9.17, 15) is 0 Å². The number of hydrogen-bond donors (Lipinski definition) is 0. The van der Waals surface area contributed by atoms with Crippen LogP contribution in [0.2, 0.25) is 0 Å². The Bertz CT molecular complexity index is 2580. The number of fused-ring (bicyclic) bond motifs is 9. The Labute approximate surface area is 297 Å². The molecule has 0 aliphatic heterocycles. The molecule has 0 N–H and O–H groups in total. The van der Waals surface area contributed by atoms with Crippen molar-refractivity contribution in [2.45, 2.75) is 5.41 Å². The Morgan fingerprint density at radius 3 is 1.33 bits per heavy atom. The van der Waals surface area contributed by atoms with E-state index in [1.807, 2.05) is 24.3 Å². The van der Waals surface area contributed by atoms with Crippen LogP contribution in [0.15, 0.2) is 176 Å². The molecule has 1 aromatic heterocycles. The quantitative estimate of drug-likeness (QED) is 0.190. The van der Waals surface area contributed by atoms with Gasteiger partial charge in [-0.05, 0) is 61.7 Å². The summed E-state index contributed by atoms with van der Waals surface area (Å²) in [6.45, 7) is 0. The van der Waals surface area contributed by atoms with Gasteiger partial charge in [-0.2, -0.15) is 0 Å². The highest BCUT2D eigenvalue weighted by molar-refractivity contribution is 5.92. The summed E-state index contributed by atoms with van der Waals surface area (Å²) >= 11 is 0. The fourth-order valence-corrected chi connectivity index (χ4v) is 8.08. The second kappa shape index (κ2) is 11.7. The second-order valence-corrected chi connectivity index (χ2v) is 13.2. The van der Waals surface area contributed by atoms with Crippen molar-refractivity contribution in [2.75, 3.05) is 0 Å². The van der Waals surface area contributed by atoms with Crippen LogP contribution in [0.3, 0.4) is 0 Å². The smallest absolute Gasteiger partial charge is 0.164 e. The van der Waals surface area contributed by atoms with Gasteiger partial charge in [0.25, 0.3) is 0 Å². The summed E-state index contributed by atoms with van der Waals surface area (Å²) in [6.07, 6.45) is 4.53. The highest BCUT2D eigenvalue weighted by Gasteiger charge is 2.48. The van der Waals surface area contributed by atoms with Crippen LogP contribution < -0.4 is 0 Å². The lowest BCUT2D eigenvalue weighted by atomic mass is 9.66. The average Bonchev–Trinajstić information content (AvgIpc) is 3.42. The molecule has 7 aromatic carbocycles. The van der Waals surface area contributed by atoms with Gasteiger partial charge in [0, 0.05) is 16.7 Å². The van der Waals surface area contributed by atoms with Gasteiger partial charge in [0.05, 0.1) is 5.41 Å². The Balaban J connectivity index is 1.20. The monoisotopic (exact) mass is 649 g/mol. The van der Waals surface area contributed by atoms with E-state index in [0.717, 1.165) is 22.3 Å². The molecule has 0 saturated carbocycles. The molecule has 238 valence electrons. The minimum Gasteiger partial charge on any atom is -0.208 e. The summed E-state index contributed by atoms with van der Waals surface area (Å²) in [5.74, 6) is 1.93. The Morgan fingerprint density at radius 2 is 0.706 bits per heavy atom. The first kappa shape index (κ1) is 29.2. The standard InChI is InChI=1S/C48H31N3/c1-3-13-32(14-4-1)33-23-28-37(29-24-33)46-49-45(36-16-5-2-6-17-36)50-47(51-46)38-30-27-35-26-25-34-15-7-10-20-41(34)48(44(35)31-38)42-21-11-8-18-39(42)40-19-9-12-22-43(40)48/h1-31H.